The Morgan fingerprint density at radius 1 is 1.06 bits per heavy atom. The van der Waals surface area contributed by atoms with Crippen molar-refractivity contribution in [2.24, 2.45) is 0 Å². The fourth-order valence-electron chi connectivity index (χ4n) is 3.50. The van der Waals surface area contributed by atoms with Crippen LogP contribution in [-0.4, -0.2) is 31.6 Å². The zero-order chi connectivity index (χ0) is 21.4. The van der Waals surface area contributed by atoms with Gasteiger partial charge in [-0.2, -0.15) is 0 Å². The van der Waals surface area contributed by atoms with Crippen LogP contribution in [0.5, 0.6) is 0 Å². The summed E-state index contributed by atoms with van der Waals surface area (Å²) in [5.74, 6) is -0.457. The Hall–Kier alpha value is -3.14. The zero-order valence-corrected chi connectivity index (χ0v) is 17.7. The average molecular weight is 454 g/mol. The van der Waals surface area contributed by atoms with E-state index in [0.717, 1.165) is 16.3 Å². The Balaban J connectivity index is 1.72. The fourth-order valence-corrected chi connectivity index (χ4v) is 5.88. The van der Waals surface area contributed by atoms with E-state index in [4.69, 9.17) is 4.74 Å². The van der Waals surface area contributed by atoms with Gasteiger partial charge in [-0.25, -0.2) is 22.1 Å². The number of pyridine rings is 1. The standard InChI is InChI=1S/C22H16FN3O3S2/c23-18-2-4-21(20(12-18)17-6-9-29-14-17)26(22-25-8-10-30-22)31(27,28)19-3-1-16-13-24-7-5-15(16)11-19/h1-8,10-13H,9,14H2. The van der Waals surface area contributed by atoms with Crippen molar-refractivity contribution in [2.75, 3.05) is 17.5 Å². The molecule has 0 N–H and O–H groups in total. The predicted molar refractivity (Wildman–Crippen MR) is 118 cm³/mol. The van der Waals surface area contributed by atoms with E-state index in [0.29, 0.717) is 17.9 Å². The number of sulfonamides is 1. The minimum Gasteiger partial charge on any atom is -0.373 e. The van der Waals surface area contributed by atoms with Gasteiger partial charge in [-0.05, 0) is 47.4 Å². The smallest absolute Gasteiger partial charge is 0.270 e. The Labute approximate surface area is 182 Å². The Morgan fingerprint density at radius 2 is 1.97 bits per heavy atom. The van der Waals surface area contributed by atoms with E-state index in [1.165, 1.54) is 40.0 Å². The molecule has 31 heavy (non-hydrogen) atoms. The fraction of sp³-hybridized carbons (Fsp3) is 0.0909. The molecule has 2 aromatic heterocycles. The highest BCUT2D eigenvalue weighted by Crippen LogP contribution is 2.39. The molecule has 0 atom stereocenters. The van der Waals surface area contributed by atoms with E-state index in [1.54, 1.807) is 42.0 Å². The molecule has 3 heterocycles. The molecule has 6 nitrogen and oxygen atoms in total. The second-order valence-electron chi connectivity index (χ2n) is 6.87. The lowest BCUT2D eigenvalue weighted by molar-refractivity contribution is 0.216. The number of benzene rings is 2. The third-order valence-corrected chi connectivity index (χ3v) is 7.54. The van der Waals surface area contributed by atoms with E-state index < -0.39 is 15.8 Å². The number of rotatable bonds is 5. The minimum atomic E-state index is -4.06. The monoisotopic (exact) mass is 453 g/mol. The van der Waals surface area contributed by atoms with Crippen molar-refractivity contribution in [2.45, 2.75) is 4.90 Å². The summed E-state index contributed by atoms with van der Waals surface area (Å²) < 4.78 is 48.4. The maximum absolute atomic E-state index is 14.1. The molecule has 4 aromatic rings. The predicted octanol–water partition coefficient (Wildman–Crippen LogP) is 4.77. The molecular weight excluding hydrogens is 437 g/mol. The van der Waals surface area contributed by atoms with Gasteiger partial charge in [0.05, 0.1) is 23.8 Å². The minimum absolute atomic E-state index is 0.105. The van der Waals surface area contributed by atoms with E-state index in [-0.39, 0.29) is 16.6 Å². The van der Waals surface area contributed by atoms with Gasteiger partial charge in [-0.15, -0.1) is 11.3 Å². The van der Waals surface area contributed by atoms with Crippen molar-refractivity contribution in [3.05, 3.63) is 83.9 Å². The maximum atomic E-state index is 14.1. The molecule has 0 fully saturated rings. The summed E-state index contributed by atoms with van der Waals surface area (Å²) >= 11 is 1.19. The van der Waals surface area contributed by atoms with Crippen LogP contribution in [0.15, 0.2) is 77.4 Å². The van der Waals surface area contributed by atoms with Gasteiger partial charge in [0, 0.05) is 34.9 Å². The quantitative estimate of drug-likeness (QED) is 0.435. The van der Waals surface area contributed by atoms with E-state index >= 15 is 0 Å². The molecule has 0 saturated heterocycles. The van der Waals surface area contributed by atoms with E-state index in [2.05, 4.69) is 9.97 Å². The topological polar surface area (TPSA) is 72.4 Å². The first-order valence-corrected chi connectivity index (χ1v) is 11.7. The van der Waals surface area contributed by atoms with Crippen molar-refractivity contribution >= 4 is 48.5 Å². The van der Waals surface area contributed by atoms with E-state index in [9.17, 15) is 12.8 Å². The normalized spacial score (nSPS) is 14.0. The zero-order valence-electron chi connectivity index (χ0n) is 16.1. The molecule has 5 rings (SSSR count). The summed E-state index contributed by atoms with van der Waals surface area (Å²) in [7, 11) is -4.06. The number of thiazole rings is 1. The van der Waals surface area contributed by atoms with Crippen LogP contribution in [0, 0.1) is 5.82 Å². The third-order valence-electron chi connectivity index (χ3n) is 4.97. The highest BCUT2D eigenvalue weighted by Gasteiger charge is 2.31. The summed E-state index contributed by atoms with van der Waals surface area (Å²) in [5, 5.41) is 3.55. The maximum Gasteiger partial charge on any atom is 0.270 e. The number of hydrogen-bond donors (Lipinski definition) is 0. The first kappa shape index (κ1) is 19.8. The van der Waals surface area contributed by atoms with Gasteiger partial charge in [0.1, 0.15) is 5.82 Å². The highest BCUT2D eigenvalue weighted by molar-refractivity contribution is 7.93. The number of anilines is 2. The van der Waals surface area contributed by atoms with Crippen LogP contribution < -0.4 is 4.31 Å². The lowest BCUT2D eigenvalue weighted by Crippen LogP contribution is -2.27. The van der Waals surface area contributed by atoms with E-state index in [1.807, 2.05) is 6.08 Å². The van der Waals surface area contributed by atoms with Crippen molar-refractivity contribution in [1.29, 1.82) is 0 Å². The molecule has 1 aliphatic rings. The van der Waals surface area contributed by atoms with Gasteiger partial charge in [0.2, 0.25) is 5.13 Å². The Morgan fingerprint density at radius 3 is 2.74 bits per heavy atom. The molecule has 0 aliphatic carbocycles. The van der Waals surface area contributed by atoms with Gasteiger partial charge >= 0.3 is 0 Å². The molecule has 0 radical (unpaired) electrons. The lowest BCUT2D eigenvalue weighted by atomic mass is 10.0. The SMILES string of the molecule is O=S(=O)(c1ccc2cnccc2c1)N(c1nccs1)c1ccc(F)cc1C1=CCOC1. The van der Waals surface area contributed by atoms with Gasteiger partial charge in [0.15, 0.2) is 0 Å². The molecule has 2 aromatic carbocycles. The first-order chi connectivity index (χ1) is 15.0. The van der Waals surface area contributed by atoms with Gasteiger partial charge < -0.3 is 4.74 Å². The van der Waals surface area contributed by atoms with Crippen LogP contribution in [0.1, 0.15) is 5.56 Å². The van der Waals surface area contributed by atoms with Crippen molar-refractivity contribution in [1.82, 2.24) is 9.97 Å². The van der Waals surface area contributed by atoms with Crippen LogP contribution in [0.4, 0.5) is 15.2 Å². The van der Waals surface area contributed by atoms with Crippen LogP contribution in [0.2, 0.25) is 0 Å². The largest absolute Gasteiger partial charge is 0.373 e. The molecule has 9 heteroatoms. The number of fused-ring (bicyclic) bond motifs is 1. The highest BCUT2D eigenvalue weighted by atomic mass is 32.2. The van der Waals surface area contributed by atoms with Crippen molar-refractivity contribution in [3.63, 3.8) is 0 Å². The number of nitrogens with zero attached hydrogens (tertiary/aromatic N) is 3. The number of ether oxygens (including phenoxy) is 1. The summed E-state index contributed by atoms with van der Waals surface area (Å²) in [6.07, 6.45) is 6.65. The molecular formula is C22H16FN3O3S2. The summed E-state index contributed by atoms with van der Waals surface area (Å²) in [6.45, 7) is 0.680. The van der Waals surface area contributed by atoms with Gasteiger partial charge in [-0.1, -0.05) is 12.1 Å². The number of hydrogen-bond acceptors (Lipinski definition) is 6. The summed E-state index contributed by atoms with van der Waals surface area (Å²) in [6, 6.07) is 10.7. The van der Waals surface area contributed by atoms with Crippen LogP contribution in [0.3, 0.4) is 0 Å². The number of halogens is 1. The van der Waals surface area contributed by atoms with Gasteiger partial charge in [-0.3, -0.25) is 4.98 Å². The van der Waals surface area contributed by atoms with Crippen molar-refractivity contribution < 1.29 is 17.5 Å². The molecule has 156 valence electrons. The molecule has 0 saturated carbocycles. The molecule has 0 unspecified atom stereocenters. The van der Waals surface area contributed by atoms with Crippen LogP contribution >= 0.6 is 11.3 Å². The number of aromatic nitrogens is 2. The lowest BCUT2D eigenvalue weighted by Gasteiger charge is -2.25. The molecule has 1 aliphatic heterocycles. The summed E-state index contributed by atoms with van der Waals surface area (Å²) in [4.78, 5) is 8.42. The second-order valence-corrected chi connectivity index (χ2v) is 9.53. The van der Waals surface area contributed by atoms with Crippen molar-refractivity contribution in [3.8, 4) is 0 Å². The molecule has 0 spiro atoms. The van der Waals surface area contributed by atoms with Gasteiger partial charge in [0.25, 0.3) is 10.0 Å². The van der Waals surface area contributed by atoms with Crippen LogP contribution in [-0.2, 0) is 14.8 Å². The summed E-state index contributed by atoms with van der Waals surface area (Å²) in [5.41, 5.74) is 1.51. The molecule has 0 bridgehead atoms. The second kappa shape index (κ2) is 7.84. The first-order valence-electron chi connectivity index (χ1n) is 9.39. The Bertz CT molecular complexity index is 1400. The Kier molecular flexibility index (Phi) is 5.01. The van der Waals surface area contributed by atoms with Crippen LogP contribution in [0.25, 0.3) is 16.3 Å². The molecule has 0 amide bonds. The average Bonchev–Trinajstić information content (AvgIpc) is 3.49. The third kappa shape index (κ3) is 3.60.